The summed E-state index contributed by atoms with van der Waals surface area (Å²) in [4.78, 5) is 97.9. The molecule has 6 amide bonds. The third kappa shape index (κ3) is 10.6. The van der Waals surface area contributed by atoms with Crippen molar-refractivity contribution in [2.75, 3.05) is 40.3 Å². The Morgan fingerprint density at radius 1 is 0.946 bits per heavy atom. The molecule has 16 nitrogen and oxygen atoms in total. The fraction of sp³-hybridized carbons (Fsp3) is 0.487. The van der Waals surface area contributed by atoms with Gasteiger partial charge in [-0.3, -0.25) is 28.8 Å². The Bertz CT molecular complexity index is 2040. The summed E-state index contributed by atoms with van der Waals surface area (Å²) in [5, 5.41) is 11.5. The SMILES string of the molecule is CCc1nccn1CCC(=O)N1CCN(C)C(=O)[C@H](C)NC(=O)CN(C)C(=O)[C@@H](Cc2c[nH]c3ccccc23)NC(=O)c2csc(n2)[C@H](CC(C)C)NC(=O)C1. The van der Waals surface area contributed by atoms with E-state index in [2.05, 4.69) is 30.9 Å². The van der Waals surface area contributed by atoms with Crippen LogP contribution in [0.4, 0.5) is 0 Å². The molecule has 0 saturated heterocycles. The summed E-state index contributed by atoms with van der Waals surface area (Å²) in [7, 11) is 3.03. The van der Waals surface area contributed by atoms with E-state index in [1.165, 1.54) is 40.0 Å². The number of H-pyrrole nitrogens is 1. The number of benzene rings is 1. The average molecular weight is 789 g/mol. The summed E-state index contributed by atoms with van der Waals surface area (Å²) < 4.78 is 1.90. The average Bonchev–Trinajstić information content (AvgIpc) is 3.94. The van der Waals surface area contributed by atoms with Crippen LogP contribution in [0.5, 0.6) is 0 Å². The minimum atomic E-state index is -1.07. The van der Waals surface area contributed by atoms with Gasteiger partial charge in [0, 0.05) is 87.9 Å². The molecule has 0 fully saturated rings. The van der Waals surface area contributed by atoms with Crippen LogP contribution in [-0.2, 0) is 43.4 Å². The number of aryl methyl sites for hydroxylation is 2. The van der Waals surface area contributed by atoms with Crippen molar-refractivity contribution < 1.29 is 28.8 Å². The molecule has 0 spiro atoms. The molecule has 2 bridgehead atoms. The number of carbonyl (C=O) groups excluding carboxylic acids is 6. The first kappa shape index (κ1) is 41.6. The summed E-state index contributed by atoms with van der Waals surface area (Å²) >= 11 is 1.21. The molecule has 17 heteroatoms. The molecule has 0 aliphatic carbocycles. The summed E-state index contributed by atoms with van der Waals surface area (Å²) in [5.74, 6) is -1.80. The van der Waals surface area contributed by atoms with Crippen LogP contribution >= 0.6 is 11.3 Å². The lowest BCUT2D eigenvalue weighted by Gasteiger charge is -2.28. The van der Waals surface area contributed by atoms with Crippen LogP contribution in [0.1, 0.15) is 73.5 Å². The van der Waals surface area contributed by atoms with Crippen molar-refractivity contribution in [2.24, 2.45) is 5.92 Å². The van der Waals surface area contributed by atoms with Gasteiger partial charge in [0.2, 0.25) is 29.5 Å². The lowest BCUT2D eigenvalue weighted by Crippen LogP contribution is -2.53. The van der Waals surface area contributed by atoms with Gasteiger partial charge in [0.05, 0.1) is 19.1 Å². The Morgan fingerprint density at radius 2 is 1.70 bits per heavy atom. The van der Waals surface area contributed by atoms with Gasteiger partial charge < -0.3 is 40.2 Å². The first-order chi connectivity index (χ1) is 26.7. The first-order valence-electron chi connectivity index (χ1n) is 18.9. The zero-order chi connectivity index (χ0) is 40.5. The molecule has 5 rings (SSSR count). The van der Waals surface area contributed by atoms with Crippen molar-refractivity contribution in [1.82, 2.24) is 50.2 Å². The second kappa shape index (κ2) is 18.8. The van der Waals surface area contributed by atoms with E-state index in [1.54, 1.807) is 24.8 Å². The predicted octanol–water partition coefficient (Wildman–Crippen LogP) is 2.28. The van der Waals surface area contributed by atoms with Gasteiger partial charge in [-0.05, 0) is 30.9 Å². The normalized spacial score (nSPS) is 19.9. The van der Waals surface area contributed by atoms with Gasteiger partial charge in [-0.1, -0.05) is 39.0 Å². The number of nitrogens with one attached hydrogen (secondary N) is 4. The fourth-order valence-corrected chi connectivity index (χ4v) is 7.62. The molecule has 3 aromatic heterocycles. The second-order valence-corrected chi connectivity index (χ2v) is 15.5. The van der Waals surface area contributed by atoms with Crippen molar-refractivity contribution in [1.29, 1.82) is 0 Å². The number of fused-ring (bicyclic) bond motifs is 3. The van der Waals surface area contributed by atoms with E-state index in [4.69, 9.17) is 0 Å². The molecule has 4 heterocycles. The first-order valence-corrected chi connectivity index (χ1v) is 19.8. The molecule has 4 aromatic rings. The number of hydrogen-bond acceptors (Lipinski definition) is 9. The van der Waals surface area contributed by atoms with Crippen molar-refractivity contribution in [3.63, 3.8) is 0 Å². The van der Waals surface area contributed by atoms with E-state index in [1.807, 2.05) is 55.8 Å². The van der Waals surface area contributed by atoms with Crippen LogP contribution in [0.15, 0.2) is 48.2 Å². The third-order valence-electron chi connectivity index (χ3n) is 9.76. The predicted molar refractivity (Wildman–Crippen MR) is 211 cm³/mol. The molecule has 56 heavy (non-hydrogen) atoms. The minimum Gasteiger partial charge on any atom is -0.361 e. The highest BCUT2D eigenvalue weighted by Crippen LogP contribution is 2.25. The van der Waals surface area contributed by atoms with Gasteiger partial charge in [-0.2, -0.15) is 0 Å². The Labute approximate surface area is 330 Å². The van der Waals surface area contributed by atoms with E-state index in [9.17, 15) is 28.8 Å². The number of hydrogen-bond donors (Lipinski definition) is 4. The number of carbonyl (C=O) groups is 6. The highest BCUT2D eigenvalue weighted by Gasteiger charge is 2.30. The molecule has 0 unspecified atom stereocenters. The second-order valence-electron chi connectivity index (χ2n) is 14.6. The Balaban J connectivity index is 1.43. The van der Waals surface area contributed by atoms with Gasteiger partial charge in [-0.15, -0.1) is 11.3 Å². The fourth-order valence-electron chi connectivity index (χ4n) is 6.75. The maximum Gasteiger partial charge on any atom is 0.271 e. The van der Waals surface area contributed by atoms with Crippen molar-refractivity contribution in [2.45, 2.75) is 78.0 Å². The van der Waals surface area contributed by atoms with Gasteiger partial charge in [0.25, 0.3) is 5.91 Å². The monoisotopic (exact) mass is 788 g/mol. The maximum absolute atomic E-state index is 14.0. The van der Waals surface area contributed by atoms with E-state index in [-0.39, 0.29) is 56.5 Å². The molecule has 1 aromatic carbocycles. The van der Waals surface area contributed by atoms with Gasteiger partial charge in [-0.25, -0.2) is 9.97 Å². The van der Waals surface area contributed by atoms with E-state index in [0.29, 0.717) is 24.4 Å². The van der Waals surface area contributed by atoms with Gasteiger partial charge in [0.15, 0.2) is 0 Å². The Kier molecular flexibility index (Phi) is 14.0. The van der Waals surface area contributed by atoms with Crippen LogP contribution < -0.4 is 16.0 Å². The molecule has 1 aliphatic heterocycles. The van der Waals surface area contributed by atoms with Gasteiger partial charge >= 0.3 is 0 Å². The zero-order valence-electron chi connectivity index (χ0n) is 32.8. The van der Waals surface area contributed by atoms with Crippen molar-refractivity contribution >= 4 is 57.7 Å². The van der Waals surface area contributed by atoms with Crippen LogP contribution in [-0.4, -0.2) is 122 Å². The summed E-state index contributed by atoms with van der Waals surface area (Å²) in [6, 6.07) is 5.02. The number of imidazole rings is 1. The molecular weight excluding hydrogens is 737 g/mol. The standard InChI is InChI=1S/C39H52N10O6S/c1-7-32-40-13-15-48(32)14-12-35(52)49-17-16-46(5)38(54)25(4)42-33(50)21-47(6)39(55)30(19-26-20-41-28-11-9-8-10-27(26)28)44-36(53)31-23-56-37(45-31)29(18-24(2)3)43-34(51)22-49/h8-11,13,15,20,23-25,29-30,41H,7,12,14,16-19,21-22H2,1-6H3,(H,42,50)(H,43,51)(H,44,53)/t25-,29-,30+/m0/s1. The van der Waals surface area contributed by atoms with Gasteiger partial charge in [0.1, 0.15) is 28.6 Å². The van der Waals surface area contributed by atoms with E-state index in [0.717, 1.165) is 22.3 Å². The topological polar surface area (TPSA) is 195 Å². The maximum atomic E-state index is 14.0. The van der Waals surface area contributed by atoms with Crippen molar-refractivity contribution in [3.05, 3.63) is 70.3 Å². The van der Waals surface area contributed by atoms with Crippen molar-refractivity contribution in [3.8, 4) is 0 Å². The number of rotatable bonds is 8. The lowest BCUT2D eigenvalue weighted by molar-refractivity contribution is -0.139. The highest BCUT2D eigenvalue weighted by atomic mass is 32.1. The number of thiazole rings is 1. The Hall–Kier alpha value is -5.58. The van der Waals surface area contributed by atoms with Crippen LogP contribution in [0.2, 0.25) is 0 Å². The summed E-state index contributed by atoms with van der Waals surface area (Å²) in [5.41, 5.74) is 1.74. The van der Waals surface area contributed by atoms with E-state index >= 15 is 0 Å². The third-order valence-corrected chi connectivity index (χ3v) is 10.7. The number of likely N-dealkylation sites (N-methyl/N-ethyl adjacent to an activating group) is 2. The number of para-hydroxylation sites is 1. The molecule has 0 saturated carbocycles. The highest BCUT2D eigenvalue weighted by molar-refractivity contribution is 7.09. The molecular formula is C39H52N10O6S. The molecule has 1 aliphatic rings. The van der Waals surface area contributed by atoms with Crippen LogP contribution in [0, 0.1) is 5.92 Å². The minimum absolute atomic E-state index is 0.0607. The smallest absolute Gasteiger partial charge is 0.271 e. The summed E-state index contributed by atoms with van der Waals surface area (Å²) in [6.07, 6.45) is 6.72. The van der Waals surface area contributed by atoms with E-state index < -0.39 is 47.7 Å². The Morgan fingerprint density at radius 3 is 2.45 bits per heavy atom. The lowest BCUT2D eigenvalue weighted by atomic mass is 10.0. The number of nitrogens with zero attached hydrogens (tertiary/aromatic N) is 6. The zero-order valence-corrected chi connectivity index (χ0v) is 33.6. The quantitative estimate of drug-likeness (QED) is 0.209. The number of aromatic amines is 1. The molecule has 3 atom stereocenters. The summed E-state index contributed by atoms with van der Waals surface area (Å²) in [6.45, 7) is 7.42. The number of amides is 6. The van der Waals surface area contributed by atoms with Crippen LogP contribution in [0.3, 0.4) is 0 Å². The molecule has 300 valence electrons. The largest absolute Gasteiger partial charge is 0.361 e. The van der Waals surface area contributed by atoms with Crippen LogP contribution in [0.25, 0.3) is 10.9 Å². The molecule has 4 N–H and O–H groups in total. The number of aromatic nitrogens is 4. The molecule has 0 radical (unpaired) electrons.